The van der Waals surface area contributed by atoms with Crippen molar-refractivity contribution in [1.82, 2.24) is 9.80 Å². The van der Waals surface area contributed by atoms with Crippen molar-refractivity contribution in [3.8, 4) is 5.75 Å². The van der Waals surface area contributed by atoms with Crippen molar-refractivity contribution in [2.75, 3.05) is 19.6 Å². The molecule has 2 fully saturated rings. The van der Waals surface area contributed by atoms with Crippen LogP contribution in [0.2, 0.25) is 0 Å². The van der Waals surface area contributed by atoms with Crippen molar-refractivity contribution in [1.29, 1.82) is 0 Å². The molecule has 5 nitrogen and oxygen atoms in total. The van der Waals surface area contributed by atoms with Crippen LogP contribution in [0, 0.1) is 11.8 Å². The molecule has 2 amide bonds. The maximum Gasteiger partial charge on any atom is 0.222 e. The number of carbonyl (C=O) groups is 2. The highest BCUT2D eigenvalue weighted by atomic mass is 16.3. The third-order valence-electron chi connectivity index (χ3n) is 6.10. The van der Waals surface area contributed by atoms with Gasteiger partial charge >= 0.3 is 0 Å². The highest BCUT2D eigenvalue weighted by Gasteiger charge is 2.49. The minimum atomic E-state index is 0.0487. The van der Waals surface area contributed by atoms with Gasteiger partial charge in [0.25, 0.3) is 0 Å². The largest absolute Gasteiger partial charge is 0.508 e. The highest BCUT2D eigenvalue weighted by Crippen LogP contribution is 2.45. The van der Waals surface area contributed by atoms with E-state index in [4.69, 9.17) is 0 Å². The van der Waals surface area contributed by atoms with Crippen molar-refractivity contribution in [2.45, 2.75) is 25.8 Å². The summed E-state index contributed by atoms with van der Waals surface area (Å²) in [6.07, 6.45) is 1.07. The van der Waals surface area contributed by atoms with Gasteiger partial charge in [0.1, 0.15) is 5.75 Å². The van der Waals surface area contributed by atoms with Gasteiger partial charge in [-0.25, -0.2) is 0 Å². The lowest BCUT2D eigenvalue weighted by Gasteiger charge is -2.29. The number of carbonyl (C=O) groups excluding carboxylic acids is 2. The third-order valence-corrected chi connectivity index (χ3v) is 6.10. The van der Waals surface area contributed by atoms with E-state index >= 15 is 0 Å². The molecule has 146 valence electrons. The fourth-order valence-corrected chi connectivity index (χ4v) is 4.77. The zero-order valence-electron chi connectivity index (χ0n) is 16.1. The van der Waals surface area contributed by atoms with Crippen LogP contribution in [-0.2, 0) is 16.0 Å². The average Bonchev–Trinajstić information content (AvgIpc) is 3.25. The molecule has 0 unspecified atom stereocenters. The van der Waals surface area contributed by atoms with Crippen LogP contribution in [0.15, 0.2) is 54.6 Å². The van der Waals surface area contributed by atoms with Crippen molar-refractivity contribution in [3.05, 3.63) is 65.7 Å². The zero-order valence-corrected chi connectivity index (χ0v) is 16.1. The third kappa shape index (κ3) is 3.61. The molecule has 2 aliphatic rings. The molecule has 28 heavy (non-hydrogen) atoms. The van der Waals surface area contributed by atoms with Gasteiger partial charge in [-0.3, -0.25) is 9.59 Å². The van der Waals surface area contributed by atoms with Crippen LogP contribution < -0.4 is 0 Å². The summed E-state index contributed by atoms with van der Waals surface area (Å²) in [7, 11) is 0. The Morgan fingerprint density at radius 1 is 1.04 bits per heavy atom. The fraction of sp³-hybridized carbons (Fsp3) is 0.391. The number of rotatable bonds is 4. The summed E-state index contributed by atoms with van der Waals surface area (Å²) in [5, 5.41) is 9.58. The molecular weight excluding hydrogens is 352 g/mol. The predicted molar refractivity (Wildman–Crippen MR) is 107 cm³/mol. The molecule has 5 heteroatoms. The normalized spacial score (nSPS) is 23.7. The molecule has 2 heterocycles. The molecule has 0 spiro atoms. The average molecular weight is 378 g/mol. The smallest absolute Gasteiger partial charge is 0.222 e. The Morgan fingerprint density at radius 2 is 1.82 bits per heavy atom. The second-order valence-corrected chi connectivity index (χ2v) is 7.92. The minimum Gasteiger partial charge on any atom is -0.508 e. The van der Waals surface area contributed by atoms with E-state index in [2.05, 4.69) is 12.1 Å². The van der Waals surface area contributed by atoms with Crippen LogP contribution in [0.4, 0.5) is 0 Å². The van der Waals surface area contributed by atoms with Crippen LogP contribution in [0.3, 0.4) is 0 Å². The van der Waals surface area contributed by atoms with E-state index < -0.39 is 0 Å². The van der Waals surface area contributed by atoms with E-state index in [0.717, 1.165) is 24.2 Å². The molecule has 2 aliphatic heterocycles. The topological polar surface area (TPSA) is 60.9 Å². The summed E-state index contributed by atoms with van der Waals surface area (Å²) in [5.74, 6) is 1.11. The van der Waals surface area contributed by atoms with Crippen molar-refractivity contribution >= 4 is 11.8 Å². The summed E-state index contributed by atoms with van der Waals surface area (Å²) in [5.41, 5.74) is 2.12. The van der Waals surface area contributed by atoms with Gasteiger partial charge < -0.3 is 14.9 Å². The summed E-state index contributed by atoms with van der Waals surface area (Å²) >= 11 is 0. The van der Waals surface area contributed by atoms with Crippen LogP contribution in [0.1, 0.15) is 30.5 Å². The van der Waals surface area contributed by atoms with Crippen LogP contribution in [-0.4, -0.2) is 46.4 Å². The summed E-state index contributed by atoms with van der Waals surface area (Å²) in [4.78, 5) is 28.9. The van der Waals surface area contributed by atoms with Crippen LogP contribution >= 0.6 is 0 Å². The number of phenols is 1. The lowest BCUT2D eigenvalue weighted by Crippen LogP contribution is -2.36. The Labute approximate surface area is 165 Å². The van der Waals surface area contributed by atoms with Crippen molar-refractivity contribution < 1.29 is 14.7 Å². The number of aromatic hydroxyl groups is 1. The number of fused-ring (bicyclic) bond motifs is 1. The summed E-state index contributed by atoms with van der Waals surface area (Å²) in [6.45, 7) is 3.77. The first-order valence-corrected chi connectivity index (χ1v) is 9.91. The minimum absolute atomic E-state index is 0.0487. The standard InChI is InChI=1S/C23H26N2O3/c1-16(26)25-14-19-13-24(15-21(19)23(25)18-7-3-2-4-8-18)22(28)11-10-17-6-5-9-20(27)12-17/h2-9,12,19,21,23,27H,10-11,13-15H2,1H3/t19-,21-,23-/m1/s1. The van der Waals surface area contributed by atoms with Gasteiger partial charge in [-0.1, -0.05) is 42.5 Å². The number of aryl methyl sites for hydroxylation is 1. The molecule has 0 radical (unpaired) electrons. The van der Waals surface area contributed by atoms with Gasteiger partial charge in [-0.05, 0) is 29.7 Å². The number of hydrogen-bond donors (Lipinski definition) is 1. The van der Waals surface area contributed by atoms with E-state index in [0.29, 0.717) is 25.3 Å². The van der Waals surface area contributed by atoms with Crippen LogP contribution in [0.5, 0.6) is 5.75 Å². The Kier molecular flexibility index (Phi) is 5.07. The molecular formula is C23H26N2O3. The molecule has 1 N–H and O–H groups in total. The quantitative estimate of drug-likeness (QED) is 0.890. The predicted octanol–water partition coefficient (Wildman–Crippen LogP) is 3.00. The first-order valence-electron chi connectivity index (χ1n) is 9.91. The van der Waals surface area contributed by atoms with Gasteiger partial charge in [0.2, 0.25) is 11.8 Å². The Hall–Kier alpha value is -2.82. The molecule has 0 bridgehead atoms. The van der Waals surface area contributed by atoms with Gasteiger partial charge in [-0.15, -0.1) is 0 Å². The molecule has 3 atom stereocenters. The summed E-state index contributed by atoms with van der Waals surface area (Å²) in [6, 6.07) is 17.3. The van der Waals surface area contributed by atoms with E-state index in [-0.39, 0.29) is 29.5 Å². The molecule has 2 aromatic rings. The molecule has 0 aliphatic carbocycles. The first-order chi connectivity index (χ1) is 13.5. The van der Waals surface area contributed by atoms with Crippen LogP contribution in [0.25, 0.3) is 0 Å². The van der Waals surface area contributed by atoms with Gasteiger partial charge in [0.15, 0.2) is 0 Å². The summed E-state index contributed by atoms with van der Waals surface area (Å²) < 4.78 is 0. The zero-order chi connectivity index (χ0) is 19.7. The second-order valence-electron chi connectivity index (χ2n) is 7.92. The molecule has 4 rings (SSSR count). The molecule has 2 aromatic carbocycles. The Balaban J connectivity index is 1.44. The molecule has 0 saturated carbocycles. The maximum atomic E-state index is 12.8. The fourth-order valence-electron chi connectivity index (χ4n) is 4.77. The SMILES string of the molecule is CC(=O)N1C[C@H]2CN(C(=O)CCc3cccc(O)c3)C[C@H]2[C@H]1c1ccccc1. The molecule has 0 aromatic heterocycles. The van der Waals surface area contributed by atoms with Gasteiger partial charge in [0, 0.05) is 44.8 Å². The highest BCUT2D eigenvalue weighted by molar-refractivity contribution is 5.77. The Morgan fingerprint density at radius 3 is 2.54 bits per heavy atom. The number of amides is 2. The first kappa shape index (κ1) is 18.5. The number of likely N-dealkylation sites (tertiary alicyclic amines) is 2. The number of phenolic OH excluding ortho intramolecular Hbond substituents is 1. The van der Waals surface area contributed by atoms with E-state index in [9.17, 15) is 14.7 Å². The number of nitrogens with zero attached hydrogens (tertiary/aromatic N) is 2. The Bertz CT molecular complexity index is 867. The van der Waals surface area contributed by atoms with E-state index in [1.807, 2.05) is 34.1 Å². The molecule has 2 saturated heterocycles. The second kappa shape index (κ2) is 7.66. The van der Waals surface area contributed by atoms with E-state index in [1.165, 1.54) is 0 Å². The van der Waals surface area contributed by atoms with Crippen molar-refractivity contribution in [3.63, 3.8) is 0 Å². The number of benzene rings is 2. The lowest BCUT2D eigenvalue weighted by atomic mass is 9.89. The van der Waals surface area contributed by atoms with E-state index in [1.54, 1.807) is 25.1 Å². The number of hydrogen-bond acceptors (Lipinski definition) is 3. The van der Waals surface area contributed by atoms with Gasteiger partial charge in [-0.2, -0.15) is 0 Å². The maximum absolute atomic E-state index is 12.8. The van der Waals surface area contributed by atoms with Gasteiger partial charge in [0.05, 0.1) is 6.04 Å². The monoisotopic (exact) mass is 378 g/mol. The lowest BCUT2D eigenvalue weighted by molar-refractivity contribution is -0.131. The van der Waals surface area contributed by atoms with Crippen molar-refractivity contribution in [2.24, 2.45) is 11.8 Å².